The number of hydrogen-bond acceptors (Lipinski definition) is 4. The molecule has 3 rings (SSSR count). The van der Waals surface area contributed by atoms with Crippen molar-refractivity contribution in [3.05, 3.63) is 59.0 Å². The molecule has 1 aromatic carbocycles. The topological polar surface area (TPSA) is 83.1 Å². The molecule has 0 aliphatic carbocycles. The van der Waals surface area contributed by atoms with Crippen LogP contribution in [0.15, 0.2) is 52.2 Å². The lowest BCUT2D eigenvalue weighted by atomic mass is 10.0. The number of furan rings is 1. The number of carbonyl (C=O) groups is 2. The van der Waals surface area contributed by atoms with Gasteiger partial charge >= 0.3 is 5.97 Å². The summed E-state index contributed by atoms with van der Waals surface area (Å²) in [5.74, 6) is -0.767. The van der Waals surface area contributed by atoms with Crippen LogP contribution in [0.4, 0.5) is 0 Å². The molecule has 1 aliphatic rings. The predicted molar refractivity (Wildman–Crippen MR) is 87.8 cm³/mol. The van der Waals surface area contributed by atoms with Crippen LogP contribution in [0.25, 0.3) is 0 Å². The van der Waals surface area contributed by atoms with Gasteiger partial charge in [-0.1, -0.05) is 23.7 Å². The summed E-state index contributed by atoms with van der Waals surface area (Å²) in [7, 11) is 0. The maximum absolute atomic E-state index is 12.4. The fourth-order valence-electron chi connectivity index (χ4n) is 2.63. The third kappa shape index (κ3) is 3.49. The minimum atomic E-state index is -1.02. The van der Waals surface area contributed by atoms with Crippen molar-refractivity contribution in [2.24, 2.45) is 5.10 Å². The van der Waals surface area contributed by atoms with Crippen LogP contribution < -0.4 is 0 Å². The Labute approximate surface area is 143 Å². The number of benzene rings is 1. The molecule has 1 amide bonds. The zero-order chi connectivity index (χ0) is 17.1. The number of amides is 1. The quantitative estimate of drug-likeness (QED) is 0.898. The van der Waals surface area contributed by atoms with Crippen molar-refractivity contribution in [3.8, 4) is 0 Å². The van der Waals surface area contributed by atoms with E-state index < -0.39 is 5.97 Å². The number of carboxylic acid groups (broad SMARTS) is 1. The van der Waals surface area contributed by atoms with Gasteiger partial charge in [0, 0.05) is 17.9 Å². The first-order chi connectivity index (χ1) is 11.5. The monoisotopic (exact) mass is 346 g/mol. The number of aliphatic carboxylic acids is 1. The molecule has 2 heterocycles. The molecule has 0 unspecified atom stereocenters. The fourth-order valence-corrected chi connectivity index (χ4v) is 2.83. The molecular weight excluding hydrogens is 332 g/mol. The molecule has 7 heteroatoms. The van der Waals surface area contributed by atoms with E-state index in [-0.39, 0.29) is 24.8 Å². The number of rotatable bonds is 5. The van der Waals surface area contributed by atoms with Crippen LogP contribution in [0.1, 0.15) is 36.6 Å². The molecule has 0 radical (unpaired) electrons. The smallest absolute Gasteiger partial charge is 0.303 e. The van der Waals surface area contributed by atoms with E-state index in [0.29, 0.717) is 22.9 Å². The summed E-state index contributed by atoms with van der Waals surface area (Å²) < 4.78 is 5.36. The number of hydrazone groups is 1. The Morgan fingerprint density at radius 3 is 2.79 bits per heavy atom. The summed E-state index contributed by atoms with van der Waals surface area (Å²) >= 11 is 6.05. The Kier molecular flexibility index (Phi) is 4.66. The summed E-state index contributed by atoms with van der Waals surface area (Å²) in [4.78, 5) is 23.2. The number of carbonyl (C=O) groups excluding carboxylic acids is 1. The lowest BCUT2D eigenvalue weighted by Gasteiger charge is -2.22. The van der Waals surface area contributed by atoms with Crippen LogP contribution in [-0.2, 0) is 9.59 Å². The molecule has 1 atom stereocenters. The molecule has 0 saturated heterocycles. The highest BCUT2D eigenvalue weighted by molar-refractivity contribution is 6.30. The van der Waals surface area contributed by atoms with Gasteiger partial charge in [-0.25, -0.2) is 5.01 Å². The second-order valence-electron chi connectivity index (χ2n) is 5.43. The number of nitrogens with zero attached hydrogens (tertiary/aromatic N) is 2. The van der Waals surface area contributed by atoms with Gasteiger partial charge in [0.15, 0.2) is 0 Å². The zero-order valence-corrected chi connectivity index (χ0v) is 13.4. The first-order valence-corrected chi connectivity index (χ1v) is 7.83. The standard InChI is InChI=1S/C17H15ClN2O4/c18-12-4-1-3-11(9-12)14-10-13(15-5-2-8-24-15)19-20(14)16(21)6-7-17(22)23/h1-5,8-9,14H,6-7,10H2,(H,22,23)/t14-/m0/s1. The molecule has 1 aliphatic heterocycles. The van der Waals surface area contributed by atoms with Crippen LogP contribution in [-0.4, -0.2) is 27.7 Å². The number of hydrogen-bond donors (Lipinski definition) is 1. The first kappa shape index (κ1) is 16.3. The van der Waals surface area contributed by atoms with Crippen molar-refractivity contribution < 1.29 is 19.1 Å². The van der Waals surface area contributed by atoms with Crippen LogP contribution in [0.5, 0.6) is 0 Å². The Hall–Kier alpha value is -2.60. The van der Waals surface area contributed by atoms with Gasteiger partial charge < -0.3 is 9.52 Å². The van der Waals surface area contributed by atoms with Gasteiger partial charge in [0.2, 0.25) is 5.91 Å². The third-order valence-electron chi connectivity index (χ3n) is 3.76. The largest absolute Gasteiger partial charge is 0.481 e. The highest BCUT2D eigenvalue weighted by Crippen LogP contribution is 2.34. The van der Waals surface area contributed by atoms with Crippen molar-refractivity contribution in [1.29, 1.82) is 0 Å². The zero-order valence-electron chi connectivity index (χ0n) is 12.7. The maximum Gasteiger partial charge on any atom is 0.303 e. The van der Waals surface area contributed by atoms with Crippen molar-refractivity contribution in [1.82, 2.24) is 5.01 Å². The average Bonchev–Trinajstić information content (AvgIpc) is 3.21. The van der Waals surface area contributed by atoms with Gasteiger partial charge in [0.1, 0.15) is 11.5 Å². The van der Waals surface area contributed by atoms with E-state index in [1.165, 1.54) is 5.01 Å². The Balaban J connectivity index is 1.89. The van der Waals surface area contributed by atoms with Crippen molar-refractivity contribution in [2.45, 2.75) is 25.3 Å². The second-order valence-corrected chi connectivity index (χ2v) is 5.87. The second kappa shape index (κ2) is 6.88. The van der Waals surface area contributed by atoms with E-state index in [1.807, 2.05) is 12.1 Å². The van der Waals surface area contributed by atoms with Gasteiger partial charge in [0.25, 0.3) is 0 Å². The Morgan fingerprint density at radius 1 is 1.29 bits per heavy atom. The Bertz CT molecular complexity index is 786. The van der Waals surface area contributed by atoms with Crippen LogP contribution in [0.3, 0.4) is 0 Å². The van der Waals surface area contributed by atoms with E-state index in [1.54, 1.807) is 30.5 Å². The summed E-state index contributed by atoms with van der Waals surface area (Å²) in [6, 6.07) is 10.4. The molecular formula is C17H15ClN2O4. The van der Waals surface area contributed by atoms with Gasteiger partial charge in [-0.2, -0.15) is 5.10 Å². The molecule has 1 aromatic heterocycles. The lowest BCUT2D eigenvalue weighted by molar-refractivity contribution is -0.141. The number of carboxylic acids is 1. The van der Waals surface area contributed by atoms with E-state index in [4.69, 9.17) is 21.1 Å². The number of halogens is 1. The van der Waals surface area contributed by atoms with Gasteiger partial charge in [-0.15, -0.1) is 0 Å². The summed E-state index contributed by atoms with van der Waals surface area (Å²) in [5.41, 5.74) is 1.49. The molecule has 0 spiro atoms. The summed E-state index contributed by atoms with van der Waals surface area (Å²) in [6.45, 7) is 0. The summed E-state index contributed by atoms with van der Waals surface area (Å²) in [5, 5.41) is 15.1. The third-order valence-corrected chi connectivity index (χ3v) is 3.99. The first-order valence-electron chi connectivity index (χ1n) is 7.45. The maximum atomic E-state index is 12.4. The van der Waals surface area contributed by atoms with Crippen LogP contribution in [0, 0.1) is 0 Å². The molecule has 24 heavy (non-hydrogen) atoms. The van der Waals surface area contributed by atoms with Crippen molar-refractivity contribution in [2.75, 3.05) is 0 Å². The normalized spacial score (nSPS) is 17.0. The van der Waals surface area contributed by atoms with Gasteiger partial charge in [-0.05, 0) is 29.8 Å². The Morgan fingerprint density at radius 2 is 2.12 bits per heavy atom. The predicted octanol–water partition coefficient (Wildman–Crippen LogP) is 3.48. The minimum absolute atomic E-state index is 0.110. The molecule has 1 N–H and O–H groups in total. The molecule has 6 nitrogen and oxygen atoms in total. The van der Waals surface area contributed by atoms with E-state index in [9.17, 15) is 9.59 Å². The molecule has 0 fully saturated rings. The van der Waals surface area contributed by atoms with E-state index in [0.717, 1.165) is 5.56 Å². The van der Waals surface area contributed by atoms with Crippen molar-refractivity contribution in [3.63, 3.8) is 0 Å². The SMILES string of the molecule is O=C(O)CCC(=O)N1N=C(c2ccco2)C[C@H]1c1cccc(Cl)c1. The van der Waals surface area contributed by atoms with Crippen LogP contribution in [0.2, 0.25) is 5.02 Å². The fraction of sp³-hybridized carbons (Fsp3) is 0.235. The minimum Gasteiger partial charge on any atom is -0.481 e. The van der Waals surface area contributed by atoms with Gasteiger partial charge in [0.05, 0.1) is 18.7 Å². The van der Waals surface area contributed by atoms with E-state index in [2.05, 4.69) is 5.10 Å². The summed E-state index contributed by atoms with van der Waals surface area (Å²) in [6.07, 6.45) is 1.68. The van der Waals surface area contributed by atoms with Crippen molar-refractivity contribution >= 4 is 29.2 Å². The molecule has 2 aromatic rings. The van der Waals surface area contributed by atoms with Gasteiger partial charge in [-0.3, -0.25) is 9.59 Å². The molecule has 0 saturated carbocycles. The average molecular weight is 347 g/mol. The highest BCUT2D eigenvalue weighted by Gasteiger charge is 2.34. The van der Waals surface area contributed by atoms with Crippen LogP contribution >= 0.6 is 11.6 Å². The molecule has 124 valence electrons. The lowest BCUT2D eigenvalue weighted by Crippen LogP contribution is -2.27. The highest BCUT2D eigenvalue weighted by atomic mass is 35.5. The van der Waals surface area contributed by atoms with E-state index >= 15 is 0 Å². The molecule has 0 bridgehead atoms.